The number of fused-ring (bicyclic) bond motifs is 4. The number of H-pyrrole nitrogens is 1. The molecule has 4 aromatic heterocycles. The number of benzene rings is 1. The predicted octanol–water partition coefficient (Wildman–Crippen LogP) is 3.87. The maximum Gasteiger partial charge on any atom is 0.159 e. The first kappa shape index (κ1) is 20.9. The van der Waals surface area contributed by atoms with Gasteiger partial charge in [0, 0.05) is 66.5 Å². The van der Waals surface area contributed by atoms with E-state index < -0.39 is 0 Å². The summed E-state index contributed by atoms with van der Waals surface area (Å²) in [6, 6.07) is 5.23. The van der Waals surface area contributed by atoms with Crippen molar-refractivity contribution < 1.29 is 0 Å². The van der Waals surface area contributed by atoms with Crippen LogP contribution in [0.5, 0.6) is 0 Å². The summed E-state index contributed by atoms with van der Waals surface area (Å²) in [5, 5.41) is 6.25. The highest BCUT2D eigenvalue weighted by molar-refractivity contribution is 6.38. The van der Waals surface area contributed by atoms with E-state index in [2.05, 4.69) is 14.9 Å². The molecule has 2 aliphatic heterocycles. The van der Waals surface area contributed by atoms with Gasteiger partial charge in [-0.2, -0.15) is 5.10 Å². The lowest BCUT2D eigenvalue weighted by Gasteiger charge is -2.38. The maximum atomic E-state index is 6.92. The predicted molar refractivity (Wildman–Crippen MR) is 136 cm³/mol. The molecule has 0 unspecified atom stereocenters. The standard InChI is InChI=1S/C25H26ClN9/c1-33-7-6-28-22(33)13-34-12-19-20(32-34)5-4-17(23(19)26)18-10-30-25-24(18)29-11-21(31-25)35-15-2-3-16(35)9-14(27)8-15/h4-7,10-12,14-16H,2-3,8-9,13,27H2,1H3,(H,30,31)/t14-,15+,16-. The van der Waals surface area contributed by atoms with E-state index in [1.165, 1.54) is 12.8 Å². The molecule has 0 spiro atoms. The summed E-state index contributed by atoms with van der Waals surface area (Å²) in [5.74, 6) is 1.86. The molecule has 2 aliphatic rings. The van der Waals surface area contributed by atoms with Crippen molar-refractivity contribution in [3.05, 3.63) is 54.0 Å². The molecule has 7 rings (SSSR count). The fourth-order valence-corrected chi connectivity index (χ4v) is 6.21. The summed E-state index contributed by atoms with van der Waals surface area (Å²) in [6.07, 6.45) is 13.9. The van der Waals surface area contributed by atoms with Gasteiger partial charge in [-0.05, 0) is 31.7 Å². The summed E-state index contributed by atoms with van der Waals surface area (Å²) >= 11 is 6.92. The smallest absolute Gasteiger partial charge is 0.159 e. The van der Waals surface area contributed by atoms with Crippen molar-refractivity contribution in [3.8, 4) is 11.1 Å². The minimum atomic E-state index is 0.294. The Labute approximate surface area is 206 Å². The van der Waals surface area contributed by atoms with Crippen molar-refractivity contribution in [2.24, 2.45) is 12.8 Å². The molecular formula is C25H26ClN9. The lowest BCUT2D eigenvalue weighted by Crippen LogP contribution is -2.47. The molecule has 3 N–H and O–H groups in total. The number of nitrogens with two attached hydrogens (primary N) is 1. The van der Waals surface area contributed by atoms with E-state index in [4.69, 9.17) is 32.4 Å². The number of hydrogen-bond acceptors (Lipinski definition) is 6. The summed E-state index contributed by atoms with van der Waals surface area (Å²) in [4.78, 5) is 19.9. The molecule has 6 heterocycles. The van der Waals surface area contributed by atoms with Crippen LogP contribution in [0.1, 0.15) is 31.5 Å². The average molecular weight is 488 g/mol. The average Bonchev–Trinajstić information content (AvgIpc) is 3.60. The number of piperidine rings is 1. The fourth-order valence-electron chi connectivity index (χ4n) is 5.90. The van der Waals surface area contributed by atoms with Crippen LogP contribution < -0.4 is 10.6 Å². The number of aryl methyl sites for hydroxylation is 1. The Morgan fingerprint density at radius 1 is 1.14 bits per heavy atom. The zero-order valence-electron chi connectivity index (χ0n) is 19.4. The molecule has 2 saturated heterocycles. The van der Waals surface area contributed by atoms with E-state index in [1.54, 1.807) is 6.20 Å². The minimum absolute atomic E-state index is 0.294. The Kier molecular flexibility index (Phi) is 4.65. The van der Waals surface area contributed by atoms with Crippen LogP contribution in [-0.4, -0.2) is 52.4 Å². The summed E-state index contributed by atoms with van der Waals surface area (Å²) in [6.45, 7) is 0.578. The SMILES string of the molecule is Cn1ccnc1Cn1cc2c(Cl)c(-c3c[nH]c4nc(N5[C@@H]6CC[C@H]5C[C@@H](N)C6)cnc34)ccc2n1. The van der Waals surface area contributed by atoms with E-state index in [9.17, 15) is 0 Å². The molecule has 1 aromatic carbocycles. The van der Waals surface area contributed by atoms with Crippen LogP contribution in [0, 0.1) is 0 Å². The van der Waals surface area contributed by atoms with E-state index in [1.807, 2.05) is 53.2 Å². The van der Waals surface area contributed by atoms with Gasteiger partial charge in [0.2, 0.25) is 0 Å². The topological polar surface area (TPSA) is 106 Å². The molecule has 2 bridgehead atoms. The number of imidazole rings is 1. The van der Waals surface area contributed by atoms with Crippen LogP contribution in [0.3, 0.4) is 0 Å². The van der Waals surface area contributed by atoms with Gasteiger partial charge in [0.1, 0.15) is 17.2 Å². The molecule has 178 valence electrons. The van der Waals surface area contributed by atoms with Gasteiger partial charge < -0.3 is 20.2 Å². The maximum absolute atomic E-state index is 6.92. The Morgan fingerprint density at radius 3 is 2.74 bits per heavy atom. The molecule has 35 heavy (non-hydrogen) atoms. The highest BCUT2D eigenvalue weighted by Gasteiger charge is 2.40. The molecule has 0 saturated carbocycles. The second kappa shape index (κ2) is 7.79. The number of hydrogen-bond donors (Lipinski definition) is 2. The first-order chi connectivity index (χ1) is 17.0. The third kappa shape index (κ3) is 3.33. The first-order valence-corrected chi connectivity index (χ1v) is 12.4. The van der Waals surface area contributed by atoms with Gasteiger partial charge in [0.05, 0.1) is 23.3 Å². The number of aromatic nitrogens is 7. The van der Waals surface area contributed by atoms with Crippen LogP contribution in [-0.2, 0) is 13.6 Å². The lowest BCUT2D eigenvalue weighted by atomic mass is 9.98. The fraction of sp³-hybridized carbons (Fsp3) is 0.360. The zero-order chi connectivity index (χ0) is 23.7. The second-order valence-electron chi connectivity index (χ2n) is 9.79. The van der Waals surface area contributed by atoms with Gasteiger partial charge in [-0.1, -0.05) is 17.7 Å². The quantitative estimate of drug-likeness (QED) is 0.398. The molecule has 3 atom stereocenters. The third-order valence-corrected chi connectivity index (χ3v) is 8.00. The molecule has 10 heteroatoms. The van der Waals surface area contributed by atoms with E-state index in [-0.39, 0.29) is 0 Å². The Hall–Kier alpha value is -3.43. The van der Waals surface area contributed by atoms with Crippen molar-refractivity contribution in [2.45, 2.75) is 50.4 Å². The van der Waals surface area contributed by atoms with Gasteiger partial charge in [-0.15, -0.1) is 0 Å². The largest absolute Gasteiger partial charge is 0.349 e. The molecule has 0 amide bonds. The van der Waals surface area contributed by atoms with Gasteiger partial charge in [-0.3, -0.25) is 4.68 Å². The van der Waals surface area contributed by atoms with Gasteiger partial charge in [0.25, 0.3) is 0 Å². The van der Waals surface area contributed by atoms with Crippen LogP contribution in [0.25, 0.3) is 33.2 Å². The van der Waals surface area contributed by atoms with Crippen LogP contribution in [0.15, 0.2) is 43.1 Å². The Bertz CT molecular complexity index is 1550. The van der Waals surface area contributed by atoms with Crippen LogP contribution in [0.2, 0.25) is 5.02 Å². The number of rotatable bonds is 4. The van der Waals surface area contributed by atoms with Gasteiger partial charge >= 0.3 is 0 Å². The van der Waals surface area contributed by atoms with Crippen molar-refractivity contribution in [2.75, 3.05) is 4.90 Å². The molecule has 0 radical (unpaired) electrons. The number of halogens is 1. The number of aromatic amines is 1. The highest BCUT2D eigenvalue weighted by Crippen LogP contribution is 2.40. The van der Waals surface area contributed by atoms with E-state index >= 15 is 0 Å². The van der Waals surface area contributed by atoms with Gasteiger partial charge in [-0.25, -0.2) is 15.0 Å². The minimum Gasteiger partial charge on any atom is -0.349 e. The van der Waals surface area contributed by atoms with E-state index in [0.29, 0.717) is 29.7 Å². The first-order valence-electron chi connectivity index (χ1n) is 12.1. The van der Waals surface area contributed by atoms with Crippen LogP contribution in [0.4, 0.5) is 5.82 Å². The Morgan fingerprint density at radius 2 is 1.97 bits per heavy atom. The normalized spacial score (nSPS) is 22.0. The molecule has 5 aromatic rings. The van der Waals surface area contributed by atoms with E-state index in [0.717, 1.165) is 57.7 Å². The van der Waals surface area contributed by atoms with Gasteiger partial charge in [0.15, 0.2) is 5.65 Å². The number of nitrogens with zero attached hydrogens (tertiary/aromatic N) is 7. The van der Waals surface area contributed by atoms with Crippen LogP contribution >= 0.6 is 11.6 Å². The van der Waals surface area contributed by atoms with Crippen molar-refractivity contribution >= 4 is 39.5 Å². The number of nitrogens with one attached hydrogen (secondary N) is 1. The monoisotopic (exact) mass is 487 g/mol. The van der Waals surface area contributed by atoms with Crippen molar-refractivity contribution in [1.82, 2.24) is 34.3 Å². The third-order valence-electron chi connectivity index (χ3n) is 7.59. The van der Waals surface area contributed by atoms with Crippen molar-refractivity contribution in [3.63, 3.8) is 0 Å². The summed E-state index contributed by atoms with van der Waals surface area (Å²) < 4.78 is 3.87. The summed E-state index contributed by atoms with van der Waals surface area (Å²) in [5.41, 5.74) is 10.5. The lowest BCUT2D eigenvalue weighted by molar-refractivity contribution is 0.412. The summed E-state index contributed by atoms with van der Waals surface area (Å²) in [7, 11) is 1.98. The molecular weight excluding hydrogens is 462 g/mol. The molecule has 9 nitrogen and oxygen atoms in total. The Balaban J connectivity index is 1.24. The zero-order valence-corrected chi connectivity index (χ0v) is 20.2. The molecule has 2 fully saturated rings. The highest BCUT2D eigenvalue weighted by atomic mass is 35.5. The second-order valence-corrected chi connectivity index (χ2v) is 10.2. The van der Waals surface area contributed by atoms with Crippen molar-refractivity contribution in [1.29, 1.82) is 0 Å². The number of anilines is 1. The molecule has 0 aliphatic carbocycles.